The van der Waals surface area contributed by atoms with Gasteiger partial charge in [0.1, 0.15) is 0 Å². The molecule has 0 spiro atoms. The number of sulfonamides is 1. The molecule has 0 aliphatic carbocycles. The van der Waals surface area contributed by atoms with Gasteiger partial charge in [0.25, 0.3) is 0 Å². The number of rotatable bonds is 4. The maximum Gasteiger partial charge on any atom is 0.238 e. The third kappa shape index (κ3) is 5.11. The maximum atomic E-state index is 12.0. The molecule has 0 unspecified atom stereocenters. The normalized spacial score (nSPS) is 17.2. The molecule has 1 saturated heterocycles. The highest BCUT2D eigenvalue weighted by Crippen LogP contribution is 2.13. The number of hydrogen-bond donors (Lipinski definition) is 2. The molecule has 21 heavy (non-hydrogen) atoms. The zero-order valence-corrected chi connectivity index (χ0v) is 12.7. The first-order valence-corrected chi connectivity index (χ1v) is 8.65. The lowest BCUT2D eigenvalue weighted by Crippen LogP contribution is -2.33. The minimum atomic E-state index is -3.70. The van der Waals surface area contributed by atoms with Gasteiger partial charge in [-0.1, -0.05) is 12.8 Å². The Morgan fingerprint density at radius 3 is 2.19 bits per heavy atom. The molecular formula is C14H21N3O3S. The molecule has 7 heteroatoms. The van der Waals surface area contributed by atoms with Crippen LogP contribution in [0.15, 0.2) is 29.2 Å². The van der Waals surface area contributed by atoms with Gasteiger partial charge in [0, 0.05) is 5.69 Å². The molecule has 0 aromatic heterocycles. The summed E-state index contributed by atoms with van der Waals surface area (Å²) in [4.78, 5) is 14.2. The number of carbonyl (C=O) groups excluding carboxylic acids is 1. The molecule has 1 aromatic rings. The smallest absolute Gasteiger partial charge is 0.238 e. The van der Waals surface area contributed by atoms with Gasteiger partial charge in [-0.2, -0.15) is 0 Å². The van der Waals surface area contributed by atoms with Crippen molar-refractivity contribution in [1.29, 1.82) is 0 Å². The van der Waals surface area contributed by atoms with Crippen LogP contribution >= 0.6 is 0 Å². The zero-order valence-electron chi connectivity index (χ0n) is 11.9. The molecule has 3 N–H and O–H groups in total. The van der Waals surface area contributed by atoms with Gasteiger partial charge in [-0.05, 0) is 50.2 Å². The Kier molecular flexibility index (Phi) is 5.33. The van der Waals surface area contributed by atoms with E-state index in [-0.39, 0.29) is 10.8 Å². The lowest BCUT2D eigenvalue weighted by atomic mass is 10.2. The lowest BCUT2D eigenvalue weighted by molar-refractivity contribution is -0.117. The Morgan fingerprint density at radius 1 is 1.10 bits per heavy atom. The van der Waals surface area contributed by atoms with Crippen molar-refractivity contribution in [2.45, 2.75) is 30.6 Å². The van der Waals surface area contributed by atoms with E-state index in [1.54, 1.807) is 12.1 Å². The monoisotopic (exact) mass is 311 g/mol. The summed E-state index contributed by atoms with van der Waals surface area (Å²) < 4.78 is 22.3. The molecule has 1 heterocycles. The molecule has 1 amide bonds. The van der Waals surface area contributed by atoms with Gasteiger partial charge in [-0.3, -0.25) is 9.69 Å². The predicted octanol–water partition coefficient (Wildman–Crippen LogP) is 1.15. The van der Waals surface area contributed by atoms with Crippen molar-refractivity contribution in [2.24, 2.45) is 5.14 Å². The van der Waals surface area contributed by atoms with E-state index in [4.69, 9.17) is 5.14 Å². The van der Waals surface area contributed by atoms with Crippen molar-refractivity contribution in [3.8, 4) is 0 Å². The van der Waals surface area contributed by atoms with Gasteiger partial charge in [0.2, 0.25) is 15.9 Å². The summed E-state index contributed by atoms with van der Waals surface area (Å²) in [5, 5.41) is 7.80. The average Bonchev–Trinajstić information content (AvgIpc) is 2.67. The van der Waals surface area contributed by atoms with Gasteiger partial charge in [0.15, 0.2) is 0 Å². The molecule has 1 fully saturated rings. The van der Waals surface area contributed by atoms with Gasteiger partial charge in [-0.25, -0.2) is 13.6 Å². The number of nitrogens with two attached hydrogens (primary N) is 1. The molecule has 0 atom stereocenters. The van der Waals surface area contributed by atoms with E-state index in [1.165, 1.54) is 25.0 Å². The van der Waals surface area contributed by atoms with Crippen LogP contribution in [-0.2, 0) is 14.8 Å². The van der Waals surface area contributed by atoms with Crippen LogP contribution < -0.4 is 10.5 Å². The van der Waals surface area contributed by atoms with Crippen LogP contribution in [0, 0.1) is 0 Å². The number of anilines is 1. The van der Waals surface area contributed by atoms with E-state index in [2.05, 4.69) is 10.2 Å². The molecule has 0 bridgehead atoms. The second-order valence-electron chi connectivity index (χ2n) is 5.31. The van der Waals surface area contributed by atoms with Gasteiger partial charge < -0.3 is 5.32 Å². The Hall–Kier alpha value is -1.44. The van der Waals surface area contributed by atoms with Crippen LogP contribution in [0.3, 0.4) is 0 Å². The lowest BCUT2D eigenvalue weighted by Gasteiger charge is -2.18. The SMILES string of the molecule is NS(=O)(=O)c1ccc(NC(=O)CN2CCCCCC2)cc1. The van der Waals surface area contributed by atoms with Crippen molar-refractivity contribution in [3.63, 3.8) is 0 Å². The zero-order chi connectivity index (χ0) is 15.3. The van der Waals surface area contributed by atoms with Crippen LogP contribution in [0.1, 0.15) is 25.7 Å². The number of primary sulfonamides is 1. The molecule has 116 valence electrons. The van der Waals surface area contributed by atoms with Crippen molar-refractivity contribution in [1.82, 2.24) is 4.90 Å². The first kappa shape index (κ1) is 15.9. The first-order chi connectivity index (χ1) is 9.95. The Bertz CT molecular complexity index is 576. The molecule has 0 saturated carbocycles. The van der Waals surface area contributed by atoms with E-state index in [9.17, 15) is 13.2 Å². The third-order valence-corrected chi connectivity index (χ3v) is 4.46. The fraction of sp³-hybridized carbons (Fsp3) is 0.500. The second-order valence-corrected chi connectivity index (χ2v) is 6.87. The van der Waals surface area contributed by atoms with Crippen molar-refractivity contribution in [3.05, 3.63) is 24.3 Å². The summed E-state index contributed by atoms with van der Waals surface area (Å²) in [5.41, 5.74) is 0.572. The largest absolute Gasteiger partial charge is 0.325 e. The fourth-order valence-corrected chi connectivity index (χ4v) is 2.94. The summed E-state index contributed by atoms with van der Waals surface area (Å²) in [7, 11) is -3.70. The highest BCUT2D eigenvalue weighted by atomic mass is 32.2. The average molecular weight is 311 g/mol. The number of benzene rings is 1. The molecule has 1 aliphatic heterocycles. The molecule has 1 aliphatic rings. The molecular weight excluding hydrogens is 290 g/mol. The van der Waals surface area contributed by atoms with Crippen molar-refractivity contribution < 1.29 is 13.2 Å². The number of likely N-dealkylation sites (tertiary alicyclic amines) is 1. The highest BCUT2D eigenvalue weighted by Gasteiger charge is 2.13. The topological polar surface area (TPSA) is 92.5 Å². The third-order valence-electron chi connectivity index (χ3n) is 3.53. The minimum Gasteiger partial charge on any atom is -0.325 e. The molecule has 6 nitrogen and oxygen atoms in total. The van der Waals surface area contributed by atoms with Crippen LogP contribution in [0.2, 0.25) is 0 Å². The summed E-state index contributed by atoms with van der Waals surface area (Å²) in [6, 6.07) is 5.86. The molecule has 0 radical (unpaired) electrons. The number of hydrogen-bond acceptors (Lipinski definition) is 4. The summed E-state index contributed by atoms with van der Waals surface area (Å²) in [6.07, 6.45) is 4.73. The van der Waals surface area contributed by atoms with E-state index in [0.29, 0.717) is 12.2 Å². The van der Waals surface area contributed by atoms with E-state index in [1.807, 2.05) is 0 Å². The minimum absolute atomic E-state index is 0.0352. The summed E-state index contributed by atoms with van der Waals surface area (Å²) >= 11 is 0. The summed E-state index contributed by atoms with van der Waals surface area (Å²) in [6.45, 7) is 2.28. The van der Waals surface area contributed by atoms with Gasteiger partial charge in [-0.15, -0.1) is 0 Å². The first-order valence-electron chi connectivity index (χ1n) is 7.10. The maximum absolute atomic E-state index is 12.0. The Morgan fingerprint density at radius 2 is 1.67 bits per heavy atom. The Labute approximate surface area is 125 Å². The van der Waals surface area contributed by atoms with E-state index >= 15 is 0 Å². The van der Waals surface area contributed by atoms with Crippen LogP contribution in [-0.4, -0.2) is 38.9 Å². The van der Waals surface area contributed by atoms with E-state index in [0.717, 1.165) is 25.9 Å². The highest BCUT2D eigenvalue weighted by molar-refractivity contribution is 7.89. The van der Waals surface area contributed by atoms with Crippen molar-refractivity contribution in [2.75, 3.05) is 25.0 Å². The van der Waals surface area contributed by atoms with Crippen LogP contribution in [0.5, 0.6) is 0 Å². The summed E-state index contributed by atoms with van der Waals surface area (Å²) in [5.74, 6) is -0.0831. The van der Waals surface area contributed by atoms with Crippen molar-refractivity contribution >= 4 is 21.6 Å². The predicted molar refractivity (Wildman–Crippen MR) is 81.4 cm³/mol. The number of carbonyl (C=O) groups is 1. The van der Waals surface area contributed by atoms with E-state index < -0.39 is 10.0 Å². The molecule has 2 rings (SSSR count). The van der Waals surface area contributed by atoms with Crippen LogP contribution in [0.25, 0.3) is 0 Å². The Balaban J connectivity index is 1.90. The second kappa shape index (κ2) is 7.02. The number of amides is 1. The quantitative estimate of drug-likeness (QED) is 0.872. The van der Waals surface area contributed by atoms with Gasteiger partial charge in [0.05, 0.1) is 11.4 Å². The fourth-order valence-electron chi connectivity index (χ4n) is 2.43. The van der Waals surface area contributed by atoms with Crippen LogP contribution in [0.4, 0.5) is 5.69 Å². The number of nitrogens with zero attached hydrogens (tertiary/aromatic N) is 1. The molecule has 1 aromatic carbocycles. The van der Waals surface area contributed by atoms with Gasteiger partial charge >= 0.3 is 0 Å². The standard InChI is InChI=1S/C14H21N3O3S/c15-21(19,20)13-7-5-12(6-8-13)16-14(18)11-17-9-3-1-2-4-10-17/h5-8H,1-4,9-11H2,(H,16,18)(H2,15,19,20). The number of nitrogens with one attached hydrogen (secondary N) is 1.